The van der Waals surface area contributed by atoms with Crippen molar-refractivity contribution in [1.82, 2.24) is 4.90 Å². The van der Waals surface area contributed by atoms with Gasteiger partial charge in [-0.25, -0.2) is 0 Å². The largest absolute Gasteiger partial charge is 0.367 e. The zero-order valence-corrected chi connectivity index (χ0v) is 13.4. The van der Waals surface area contributed by atoms with Gasteiger partial charge in [-0.1, -0.05) is 28.9 Å². The van der Waals surface area contributed by atoms with Gasteiger partial charge in [-0.2, -0.15) is 0 Å². The minimum atomic E-state index is 0.509. The molecule has 4 heteroatoms. The average Bonchev–Trinajstić information content (AvgIpc) is 2.48. The number of likely N-dealkylation sites (N-methyl/N-ethyl adjacent to an activating group) is 1. The fourth-order valence-electron chi connectivity index (χ4n) is 3.02. The maximum Gasteiger partial charge on any atom is 0.0429 e. The molecule has 2 atom stereocenters. The Balaban J connectivity index is 2.26. The zero-order valence-electron chi connectivity index (χ0n) is 11.8. The lowest BCUT2D eigenvalue weighted by atomic mass is 10.1. The van der Waals surface area contributed by atoms with E-state index in [0.717, 1.165) is 37.1 Å². The van der Waals surface area contributed by atoms with E-state index in [2.05, 4.69) is 64.0 Å². The van der Waals surface area contributed by atoms with Crippen LogP contribution in [0.2, 0.25) is 0 Å². The molecule has 3 nitrogen and oxygen atoms in total. The zero-order chi connectivity index (χ0) is 13.8. The van der Waals surface area contributed by atoms with E-state index in [9.17, 15) is 0 Å². The monoisotopic (exact) mass is 325 g/mol. The molecule has 0 saturated carbocycles. The molecule has 19 heavy (non-hydrogen) atoms. The summed E-state index contributed by atoms with van der Waals surface area (Å²) in [5.41, 5.74) is 7.11. The summed E-state index contributed by atoms with van der Waals surface area (Å²) < 4.78 is 1.14. The van der Waals surface area contributed by atoms with Crippen LogP contribution >= 0.6 is 15.9 Å². The van der Waals surface area contributed by atoms with Crippen LogP contribution in [0.15, 0.2) is 28.7 Å². The van der Waals surface area contributed by atoms with Crippen molar-refractivity contribution in [2.75, 3.05) is 38.1 Å². The van der Waals surface area contributed by atoms with Crippen molar-refractivity contribution in [3.8, 4) is 0 Å². The number of nitrogens with two attached hydrogens (primary N) is 1. The summed E-state index contributed by atoms with van der Waals surface area (Å²) in [6, 6.07) is 9.11. The maximum absolute atomic E-state index is 5.81. The third kappa shape index (κ3) is 3.94. The Labute approximate surface area is 124 Å². The number of hydrogen-bond donors (Lipinski definition) is 1. The predicted octanol–water partition coefficient (Wildman–Crippen LogP) is 2.55. The fourth-order valence-corrected chi connectivity index (χ4v) is 3.41. The van der Waals surface area contributed by atoms with E-state index in [-0.39, 0.29) is 0 Å². The Hall–Kier alpha value is -0.580. The molecular weight excluding hydrogens is 302 g/mol. The van der Waals surface area contributed by atoms with E-state index in [1.807, 2.05) is 0 Å². The molecule has 0 radical (unpaired) electrons. The minimum absolute atomic E-state index is 0.509. The van der Waals surface area contributed by atoms with Gasteiger partial charge in [0.15, 0.2) is 0 Å². The quantitative estimate of drug-likeness (QED) is 0.927. The van der Waals surface area contributed by atoms with Gasteiger partial charge in [-0.3, -0.25) is 0 Å². The average molecular weight is 326 g/mol. The molecule has 0 aromatic heterocycles. The summed E-state index contributed by atoms with van der Waals surface area (Å²) >= 11 is 3.57. The first-order valence-electron chi connectivity index (χ1n) is 7.01. The Morgan fingerprint density at radius 3 is 2.79 bits per heavy atom. The SMILES string of the molecule is CC1CN(C)CC(CCN)N(c2cccc(Br)c2)C1. The normalized spacial score (nSPS) is 25.4. The molecule has 1 fully saturated rings. The number of anilines is 1. The molecule has 2 N–H and O–H groups in total. The third-order valence-electron chi connectivity index (χ3n) is 3.73. The second-order valence-corrected chi connectivity index (χ2v) is 6.61. The highest BCUT2D eigenvalue weighted by Crippen LogP contribution is 2.26. The Kier molecular flexibility index (Phi) is 5.25. The first kappa shape index (κ1) is 14.8. The summed E-state index contributed by atoms with van der Waals surface area (Å²) in [4.78, 5) is 4.97. The molecule has 2 unspecified atom stereocenters. The van der Waals surface area contributed by atoms with Crippen LogP contribution in [0.3, 0.4) is 0 Å². The van der Waals surface area contributed by atoms with Crippen LogP contribution in [-0.2, 0) is 0 Å². The molecule has 0 bridgehead atoms. The summed E-state index contributed by atoms with van der Waals surface area (Å²) in [5.74, 6) is 0.673. The van der Waals surface area contributed by atoms with Crippen molar-refractivity contribution in [2.24, 2.45) is 11.7 Å². The molecule has 1 heterocycles. The summed E-state index contributed by atoms with van der Waals surface area (Å²) in [6.07, 6.45) is 1.05. The maximum atomic E-state index is 5.81. The highest BCUT2D eigenvalue weighted by molar-refractivity contribution is 9.10. The van der Waals surface area contributed by atoms with Gasteiger partial charge < -0.3 is 15.5 Å². The lowest BCUT2D eigenvalue weighted by Gasteiger charge is -2.33. The smallest absolute Gasteiger partial charge is 0.0429 e. The van der Waals surface area contributed by atoms with E-state index < -0.39 is 0 Å². The van der Waals surface area contributed by atoms with Crippen molar-refractivity contribution in [3.05, 3.63) is 28.7 Å². The lowest BCUT2D eigenvalue weighted by Crippen LogP contribution is -2.42. The van der Waals surface area contributed by atoms with Gasteiger partial charge in [0.05, 0.1) is 0 Å². The predicted molar refractivity (Wildman–Crippen MR) is 85.6 cm³/mol. The van der Waals surface area contributed by atoms with Crippen LogP contribution in [0.25, 0.3) is 0 Å². The van der Waals surface area contributed by atoms with Crippen LogP contribution in [0, 0.1) is 5.92 Å². The van der Waals surface area contributed by atoms with Crippen molar-refractivity contribution in [3.63, 3.8) is 0 Å². The molecule has 0 amide bonds. The first-order valence-corrected chi connectivity index (χ1v) is 7.80. The van der Waals surface area contributed by atoms with Crippen LogP contribution in [0.4, 0.5) is 5.69 Å². The van der Waals surface area contributed by atoms with Gasteiger partial charge in [0.25, 0.3) is 0 Å². The highest BCUT2D eigenvalue weighted by Gasteiger charge is 2.26. The molecule has 2 rings (SSSR count). The van der Waals surface area contributed by atoms with Gasteiger partial charge in [0.1, 0.15) is 0 Å². The van der Waals surface area contributed by atoms with Gasteiger partial charge in [-0.05, 0) is 44.1 Å². The summed E-state index contributed by atoms with van der Waals surface area (Å²) in [6.45, 7) is 6.43. The molecule has 1 aliphatic heterocycles. The first-order chi connectivity index (χ1) is 9.10. The van der Waals surface area contributed by atoms with Crippen LogP contribution < -0.4 is 10.6 Å². The van der Waals surface area contributed by atoms with E-state index >= 15 is 0 Å². The molecule has 1 aromatic rings. The summed E-state index contributed by atoms with van der Waals surface area (Å²) in [7, 11) is 2.21. The third-order valence-corrected chi connectivity index (χ3v) is 4.23. The molecule has 0 spiro atoms. The summed E-state index contributed by atoms with van der Waals surface area (Å²) in [5, 5.41) is 0. The van der Waals surface area contributed by atoms with Crippen LogP contribution in [-0.4, -0.2) is 44.2 Å². The van der Waals surface area contributed by atoms with Crippen LogP contribution in [0.5, 0.6) is 0 Å². The van der Waals surface area contributed by atoms with Crippen molar-refractivity contribution < 1.29 is 0 Å². The Bertz CT molecular complexity index is 410. The van der Waals surface area contributed by atoms with E-state index in [1.165, 1.54) is 5.69 Å². The molecule has 1 aliphatic rings. The minimum Gasteiger partial charge on any atom is -0.367 e. The van der Waals surface area contributed by atoms with Gasteiger partial charge >= 0.3 is 0 Å². The second-order valence-electron chi connectivity index (χ2n) is 5.69. The van der Waals surface area contributed by atoms with Gasteiger partial charge in [-0.15, -0.1) is 0 Å². The number of benzene rings is 1. The second kappa shape index (κ2) is 6.73. The molecule has 0 aliphatic carbocycles. The number of nitrogens with zero attached hydrogens (tertiary/aromatic N) is 2. The molecule has 1 aromatic carbocycles. The number of rotatable bonds is 3. The van der Waals surface area contributed by atoms with E-state index in [4.69, 9.17) is 5.73 Å². The van der Waals surface area contributed by atoms with Gasteiger partial charge in [0, 0.05) is 35.8 Å². The van der Waals surface area contributed by atoms with Crippen molar-refractivity contribution >= 4 is 21.6 Å². The Morgan fingerprint density at radius 1 is 1.32 bits per heavy atom. The molecular formula is C15H24BrN3. The van der Waals surface area contributed by atoms with Crippen molar-refractivity contribution in [2.45, 2.75) is 19.4 Å². The van der Waals surface area contributed by atoms with Crippen LogP contribution in [0.1, 0.15) is 13.3 Å². The fraction of sp³-hybridized carbons (Fsp3) is 0.600. The standard InChI is InChI=1S/C15H24BrN3/c1-12-9-18(2)11-15(6-7-17)19(10-12)14-5-3-4-13(16)8-14/h3-5,8,12,15H,6-7,9-11,17H2,1-2H3. The topological polar surface area (TPSA) is 32.5 Å². The van der Waals surface area contributed by atoms with E-state index in [0.29, 0.717) is 12.0 Å². The Morgan fingerprint density at radius 2 is 2.11 bits per heavy atom. The number of halogens is 1. The van der Waals surface area contributed by atoms with E-state index in [1.54, 1.807) is 0 Å². The lowest BCUT2D eigenvalue weighted by molar-refractivity contribution is 0.300. The highest BCUT2D eigenvalue weighted by atomic mass is 79.9. The van der Waals surface area contributed by atoms with Crippen molar-refractivity contribution in [1.29, 1.82) is 0 Å². The molecule has 106 valence electrons. The number of hydrogen-bond acceptors (Lipinski definition) is 3. The molecule has 1 saturated heterocycles. The van der Waals surface area contributed by atoms with Gasteiger partial charge in [0.2, 0.25) is 0 Å².